The highest BCUT2D eigenvalue weighted by atomic mass is 79.9. The summed E-state index contributed by atoms with van der Waals surface area (Å²) in [6.45, 7) is 3.13. The van der Waals surface area contributed by atoms with Gasteiger partial charge in [0.2, 0.25) is 0 Å². The number of rotatable bonds is 3. The van der Waals surface area contributed by atoms with Gasteiger partial charge < -0.3 is 4.90 Å². The van der Waals surface area contributed by atoms with Crippen LogP contribution < -0.4 is 4.90 Å². The molecule has 0 saturated carbocycles. The second kappa shape index (κ2) is 4.87. The van der Waals surface area contributed by atoms with E-state index in [1.807, 2.05) is 0 Å². The minimum absolute atomic E-state index is 0.552. The van der Waals surface area contributed by atoms with E-state index in [9.17, 15) is 0 Å². The van der Waals surface area contributed by atoms with Crippen molar-refractivity contribution in [2.24, 2.45) is 0 Å². The molecule has 0 aliphatic rings. The molecule has 0 aliphatic carbocycles. The maximum atomic E-state index is 5.75. The van der Waals surface area contributed by atoms with Crippen LogP contribution in [0.15, 0.2) is 22.7 Å². The summed E-state index contributed by atoms with van der Waals surface area (Å²) in [5.74, 6) is 0.552. The van der Waals surface area contributed by atoms with Crippen molar-refractivity contribution in [3.8, 4) is 0 Å². The summed E-state index contributed by atoms with van der Waals surface area (Å²) in [6.07, 6.45) is 0. The van der Waals surface area contributed by atoms with E-state index in [2.05, 4.69) is 53.0 Å². The van der Waals surface area contributed by atoms with Crippen molar-refractivity contribution in [1.29, 1.82) is 0 Å². The monoisotopic (exact) mass is 261 g/mol. The standard InChI is InChI=1S/C10H13BrClN/c1-3-13(2)9-5-4-8(7-12)10(11)6-9/h4-6H,3,7H2,1-2H3. The van der Waals surface area contributed by atoms with Gasteiger partial charge in [-0.2, -0.15) is 0 Å². The highest BCUT2D eigenvalue weighted by Crippen LogP contribution is 2.24. The molecule has 1 aromatic rings. The number of anilines is 1. The second-order valence-corrected chi connectivity index (χ2v) is 4.05. The fourth-order valence-electron chi connectivity index (χ4n) is 1.06. The molecule has 72 valence electrons. The van der Waals surface area contributed by atoms with Gasteiger partial charge in [-0.1, -0.05) is 22.0 Å². The van der Waals surface area contributed by atoms with Crippen molar-refractivity contribution in [2.75, 3.05) is 18.5 Å². The molecule has 0 atom stereocenters. The quantitative estimate of drug-likeness (QED) is 0.752. The Morgan fingerprint density at radius 1 is 1.46 bits per heavy atom. The lowest BCUT2D eigenvalue weighted by Crippen LogP contribution is -2.15. The molecule has 0 spiro atoms. The molecule has 0 fully saturated rings. The molecular weight excluding hydrogens is 249 g/mol. The summed E-state index contributed by atoms with van der Waals surface area (Å²) in [4.78, 5) is 2.18. The summed E-state index contributed by atoms with van der Waals surface area (Å²) < 4.78 is 1.08. The van der Waals surface area contributed by atoms with Gasteiger partial charge in [-0.25, -0.2) is 0 Å². The molecule has 0 N–H and O–H groups in total. The third-order valence-corrected chi connectivity index (χ3v) is 3.12. The number of halogens is 2. The van der Waals surface area contributed by atoms with E-state index < -0.39 is 0 Å². The zero-order valence-electron chi connectivity index (χ0n) is 7.85. The fourth-order valence-corrected chi connectivity index (χ4v) is 1.97. The Morgan fingerprint density at radius 2 is 2.15 bits per heavy atom. The van der Waals surface area contributed by atoms with E-state index in [0.717, 1.165) is 16.6 Å². The SMILES string of the molecule is CCN(C)c1ccc(CCl)c(Br)c1. The topological polar surface area (TPSA) is 3.24 Å². The van der Waals surface area contributed by atoms with Crippen LogP contribution in [0, 0.1) is 0 Å². The maximum Gasteiger partial charge on any atom is 0.0485 e. The molecule has 0 amide bonds. The Morgan fingerprint density at radius 3 is 2.62 bits per heavy atom. The van der Waals surface area contributed by atoms with Gasteiger partial charge in [0.1, 0.15) is 0 Å². The summed E-state index contributed by atoms with van der Waals surface area (Å²) in [7, 11) is 2.07. The van der Waals surface area contributed by atoms with Crippen LogP contribution in [0.3, 0.4) is 0 Å². The molecular formula is C10H13BrClN. The number of alkyl halides is 1. The zero-order valence-corrected chi connectivity index (χ0v) is 10.2. The molecule has 0 aromatic heterocycles. The van der Waals surface area contributed by atoms with Gasteiger partial charge in [-0.15, -0.1) is 11.6 Å². The Kier molecular flexibility index (Phi) is 4.07. The van der Waals surface area contributed by atoms with Gasteiger partial charge in [-0.05, 0) is 24.6 Å². The molecule has 1 aromatic carbocycles. The molecule has 0 heterocycles. The Bertz CT molecular complexity index is 288. The maximum absolute atomic E-state index is 5.75. The van der Waals surface area contributed by atoms with E-state index in [1.165, 1.54) is 5.69 Å². The lowest BCUT2D eigenvalue weighted by molar-refractivity contribution is 0.966. The molecule has 0 radical (unpaired) electrons. The predicted molar refractivity (Wildman–Crippen MR) is 62.6 cm³/mol. The van der Waals surface area contributed by atoms with Gasteiger partial charge in [0, 0.05) is 29.6 Å². The van der Waals surface area contributed by atoms with Crippen molar-refractivity contribution in [1.82, 2.24) is 0 Å². The zero-order chi connectivity index (χ0) is 9.84. The first-order valence-corrected chi connectivity index (χ1v) is 5.57. The molecule has 1 nitrogen and oxygen atoms in total. The number of hydrogen-bond donors (Lipinski definition) is 0. The van der Waals surface area contributed by atoms with Gasteiger partial charge in [0.25, 0.3) is 0 Å². The highest BCUT2D eigenvalue weighted by Gasteiger charge is 2.02. The Labute approximate surface area is 92.8 Å². The van der Waals surface area contributed by atoms with E-state index in [4.69, 9.17) is 11.6 Å². The largest absolute Gasteiger partial charge is 0.375 e. The Hall–Kier alpha value is -0.210. The van der Waals surface area contributed by atoms with Gasteiger partial charge in [0.05, 0.1) is 0 Å². The van der Waals surface area contributed by atoms with Crippen LogP contribution in [-0.4, -0.2) is 13.6 Å². The van der Waals surface area contributed by atoms with Crippen LogP contribution in [0.2, 0.25) is 0 Å². The lowest BCUT2D eigenvalue weighted by atomic mass is 10.2. The van der Waals surface area contributed by atoms with Crippen LogP contribution in [0.4, 0.5) is 5.69 Å². The number of hydrogen-bond acceptors (Lipinski definition) is 1. The van der Waals surface area contributed by atoms with Gasteiger partial charge in [-0.3, -0.25) is 0 Å². The van der Waals surface area contributed by atoms with E-state index in [-0.39, 0.29) is 0 Å². The molecule has 1 rings (SSSR count). The highest BCUT2D eigenvalue weighted by molar-refractivity contribution is 9.10. The van der Waals surface area contributed by atoms with Crippen molar-refractivity contribution in [3.05, 3.63) is 28.2 Å². The summed E-state index contributed by atoms with van der Waals surface area (Å²) in [5, 5.41) is 0. The smallest absolute Gasteiger partial charge is 0.0485 e. The first-order valence-electron chi connectivity index (χ1n) is 4.24. The second-order valence-electron chi connectivity index (χ2n) is 2.92. The third-order valence-electron chi connectivity index (χ3n) is 2.10. The minimum Gasteiger partial charge on any atom is -0.375 e. The van der Waals surface area contributed by atoms with Gasteiger partial charge >= 0.3 is 0 Å². The summed E-state index contributed by atoms with van der Waals surface area (Å²) >= 11 is 9.25. The predicted octanol–water partition coefficient (Wildman–Crippen LogP) is 3.64. The first kappa shape index (κ1) is 10.9. The van der Waals surface area contributed by atoms with E-state index in [0.29, 0.717) is 5.88 Å². The minimum atomic E-state index is 0.552. The van der Waals surface area contributed by atoms with Gasteiger partial charge in [0.15, 0.2) is 0 Å². The van der Waals surface area contributed by atoms with Crippen LogP contribution in [0.1, 0.15) is 12.5 Å². The van der Waals surface area contributed by atoms with Crippen LogP contribution in [-0.2, 0) is 5.88 Å². The molecule has 0 saturated heterocycles. The van der Waals surface area contributed by atoms with E-state index in [1.54, 1.807) is 0 Å². The first-order chi connectivity index (χ1) is 6.19. The molecule has 3 heteroatoms. The van der Waals surface area contributed by atoms with Crippen LogP contribution in [0.5, 0.6) is 0 Å². The molecule has 13 heavy (non-hydrogen) atoms. The van der Waals surface area contributed by atoms with Crippen molar-refractivity contribution < 1.29 is 0 Å². The molecule has 0 bridgehead atoms. The Balaban J connectivity index is 2.95. The number of benzene rings is 1. The van der Waals surface area contributed by atoms with Crippen molar-refractivity contribution in [2.45, 2.75) is 12.8 Å². The summed E-state index contributed by atoms with van der Waals surface area (Å²) in [5.41, 5.74) is 2.35. The van der Waals surface area contributed by atoms with E-state index >= 15 is 0 Å². The average molecular weight is 263 g/mol. The number of nitrogens with zero attached hydrogens (tertiary/aromatic N) is 1. The van der Waals surface area contributed by atoms with Crippen molar-refractivity contribution in [3.63, 3.8) is 0 Å². The fraction of sp³-hybridized carbons (Fsp3) is 0.400. The summed E-state index contributed by atoms with van der Waals surface area (Å²) in [6, 6.07) is 6.24. The van der Waals surface area contributed by atoms with Crippen molar-refractivity contribution >= 4 is 33.2 Å². The van der Waals surface area contributed by atoms with Crippen LogP contribution in [0.25, 0.3) is 0 Å². The normalized spacial score (nSPS) is 10.2. The average Bonchev–Trinajstić information content (AvgIpc) is 2.16. The lowest BCUT2D eigenvalue weighted by Gasteiger charge is -2.17. The third kappa shape index (κ3) is 2.61. The molecule has 0 unspecified atom stereocenters. The molecule has 0 aliphatic heterocycles. The van der Waals surface area contributed by atoms with Crippen LogP contribution >= 0.6 is 27.5 Å².